The zero-order valence-corrected chi connectivity index (χ0v) is 11.2. The Morgan fingerprint density at radius 2 is 1.82 bits per heavy atom. The van der Waals surface area contributed by atoms with Crippen LogP contribution in [0.25, 0.3) is 0 Å². The highest BCUT2D eigenvalue weighted by Crippen LogP contribution is 2.02. The van der Waals surface area contributed by atoms with E-state index in [9.17, 15) is 4.79 Å². The van der Waals surface area contributed by atoms with Crippen molar-refractivity contribution in [3.8, 4) is 0 Å². The van der Waals surface area contributed by atoms with Gasteiger partial charge in [0.05, 0.1) is 5.69 Å². The number of hydrogen-bond donors (Lipinski definition) is 0. The summed E-state index contributed by atoms with van der Waals surface area (Å²) < 4.78 is 1.52. The van der Waals surface area contributed by atoms with Crippen molar-refractivity contribution in [3.63, 3.8) is 0 Å². The van der Waals surface area contributed by atoms with Crippen LogP contribution >= 0.6 is 0 Å². The van der Waals surface area contributed by atoms with Crippen LogP contribution in [0.5, 0.6) is 0 Å². The summed E-state index contributed by atoms with van der Waals surface area (Å²) in [6.45, 7) is 6.88. The zero-order chi connectivity index (χ0) is 12.7. The third kappa shape index (κ3) is 3.65. The molecule has 0 N–H and O–H groups in total. The summed E-state index contributed by atoms with van der Waals surface area (Å²) in [7, 11) is 0. The fraction of sp³-hybridized carbons (Fsp3) is 0.769. The molecule has 0 saturated heterocycles. The molecule has 4 heteroatoms. The van der Waals surface area contributed by atoms with Crippen LogP contribution in [0.4, 0.5) is 0 Å². The highest BCUT2D eigenvalue weighted by atomic mass is 16.1. The molecular weight excluding hydrogens is 214 g/mol. The summed E-state index contributed by atoms with van der Waals surface area (Å²) >= 11 is 0. The lowest BCUT2D eigenvalue weighted by Gasteiger charge is -2.07. The summed E-state index contributed by atoms with van der Waals surface area (Å²) in [5, 5.41) is 8.15. The molecule has 4 nitrogen and oxygen atoms in total. The van der Waals surface area contributed by atoms with E-state index in [1.165, 1.54) is 17.5 Å². The predicted molar refractivity (Wildman–Crippen MR) is 69.2 cm³/mol. The molecule has 0 radical (unpaired) electrons. The van der Waals surface area contributed by atoms with E-state index < -0.39 is 0 Å². The SMILES string of the molecule is CCCCCCn1nnc(CC)c(CC)c1=O. The normalized spacial score (nSPS) is 10.8. The lowest BCUT2D eigenvalue weighted by molar-refractivity contribution is 0.485. The molecule has 0 saturated carbocycles. The molecule has 0 aliphatic heterocycles. The van der Waals surface area contributed by atoms with Crippen LogP contribution in [0.2, 0.25) is 0 Å². The van der Waals surface area contributed by atoms with Crippen molar-refractivity contribution >= 4 is 0 Å². The monoisotopic (exact) mass is 237 g/mol. The van der Waals surface area contributed by atoms with E-state index in [1.807, 2.05) is 13.8 Å². The predicted octanol–water partition coefficient (Wildman–Crippen LogP) is 2.34. The van der Waals surface area contributed by atoms with Crippen LogP contribution in [0.15, 0.2) is 4.79 Å². The Morgan fingerprint density at radius 3 is 2.41 bits per heavy atom. The summed E-state index contributed by atoms with van der Waals surface area (Å²) in [6, 6.07) is 0. The molecule has 0 unspecified atom stereocenters. The van der Waals surface area contributed by atoms with Crippen molar-refractivity contribution in [1.29, 1.82) is 0 Å². The van der Waals surface area contributed by atoms with Gasteiger partial charge in [-0.25, -0.2) is 4.68 Å². The maximum absolute atomic E-state index is 12.1. The minimum absolute atomic E-state index is 0.0517. The Labute approximate surface area is 103 Å². The maximum atomic E-state index is 12.1. The van der Waals surface area contributed by atoms with Crippen molar-refractivity contribution in [1.82, 2.24) is 15.0 Å². The molecule has 0 atom stereocenters. The van der Waals surface area contributed by atoms with Crippen LogP contribution in [0, 0.1) is 0 Å². The molecule has 0 aromatic carbocycles. The van der Waals surface area contributed by atoms with E-state index in [4.69, 9.17) is 0 Å². The number of aromatic nitrogens is 3. The average Bonchev–Trinajstić information content (AvgIpc) is 2.35. The molecule has 1 aromatic rings. The Balaban J connectivity index is 2.77. The Kier molecular flexibility index (Phi) is 5.87. The number of aryl methyl sites for hydroxylation is 2. The molecule has 1 aromatic heterocycles. The second-order valence-electron chi connectivity index (χ2n) is 4.31. The Bertz CT molecular complexity index is 398. The molecule has 0 fully saturated rings. The van der Waals surface area contributed by atoms with Crippen LogP contribution in [0.3, 0.4) is 0 Å². The fourth-order valence-corrected chi connectivity index (χ4v) is 1.96. The quantitative estimate of drug-likeness (QED) is 0.684. The van der Waals surface area contributed by atoms with E-state index in [1.54, 1.807) is 0 Å². The maximum Gasteiger partial charge on any atom is 0.273 e. The summed E-state index contributed by atoms with van der Waals surface area (Å²) in [5.74, 6) is 0. The average molecular weight is 237 g/mol. The van der Waals surface area contributed by atoms with Crippen molar-refractivity contribution in [2.75, 3.05) is 0 Å². The third-order valence-electron chi connectivity index (χ3n) is 3.03. The summed E-state index contributed by atoms with van der Waals surface area (Å²) in [4.78, 5) is 12.1. The minimum atomic E-state index is 0.0517. The van der Waals surface area contributed by atoms with Gasteiger partial charge < -0.3 is 0 Å². The van der Waals surface area contributed by atoms with Gasteiger partial charge in [0.15, 0.2) is 0 Å². The van der Waals surface area contributed by atoms with Gasteiger partial charge in [0, 0.05) is 12.1 Å². The Morgan fingerprint density at radius 1 is 1.06 bits per heavy atom. The second kappa shape index (κ2) is 7.20. The van der Waals surface area contributed by atoms with Gasteiger partial charge in [-0.1, -0.05) is 45.2 Å². The van der Waals surface area contributed by atoms with E-state index in [2.05, 4.69) is 17.2 Å². The standard InChI is InChI=1S/C13H23N3O/c1-4-7-8-9-10-16-13(17)11(5-2)12(6-3)14-15-16/h4-10H2,1-3H3. The number of rotatable bonds is 7. The van der Waals surface area contributed by atoms with Crippen molar-refractivity contribution in [2.24, 2.45) is 0 Å². The van der Waals surface area contributed by atoms with Crippen LogP contribution < -0.4 is 5.56 Å². The van der Waals surface area contributed by atoms with Crippen LogP contribution in [-0.4, -0.2) is 15.0 Å². The van der Waals surface area contributed by atoms with Gasteiger partial charge >= 0.3 is 0 Å². The molecule has 0 spiro atoms. The van der Waals surface area contributed by atoms with Crippen LogP contribution in [0.1, 0.15) is 57.7 Å². The smallest absolute Gasteiger partial charge is 0.267 e. The van der Waals surface area contributed by atoms with Gasteiger partial charge in [-0.05, 0) is 19.3 Å². The number of nitrogens with zero attached hydrogens (tertiary/aromatic N) is 3. The molecular formula is C13H23N3O. The van der Waals surface area contributed by atoms with E-state index >= 15 is 0 Å². The first-order valence-electron chi connectivity index (χ1n) is 6.70. The van der Waals surface area contributed by atoms with Crippen molar-refractivity contribution in [3.05, 3.63) is 21.6 Å². The topological polar surface area (TPSA) is 47.8 Å². The van der Waals surface area contributed by atoms with E-state index in [-0.39, 0.29) is 5.56 Å². The molecule has 0 amide bonds. The molecule has 0 aliphatic carbocycles. The lowest BCUT2D eigenvalue weighted by atomic mass is 10.1. The van der Waals surface area contributed by atoms with Gasteiger partial charge in [-0.3, -0.25) is 4.79 Å². The third-order valence-corrected chi connectivity index (χ3v) is 3.03. The lowest BCUT2D eigenvalue weighted by Crippen LogP contribution is -2.29. The second-order valence-corrected chi connectivity index (χ2v) is 4.31. The van der Waals surface area contributed by atoms with Crippen molar-refractivity contribution < 1.29 is 0 Å². The Hall–Kier alpha value is -1.19. The molecule has 1 heterocycles. The minimum Gasteiger partial charge on any atom is -0.267 e. The molecule has 17 heavy (non-hydrogen) atoms. The van der Waals surface area contributed by atoms with Gasteiger partial charge in [0.2, 0.25) is 0 Å². The first kappa shape index (κ1) is 13.9. The highest BCUT2D eigenvalue weighted by Gasteiger charge is 2.09. The number of unbranched alkanes of at least 4 members (excludes halogenated alkanes) is 3. The van der Waals surface area contributed by atoms with Gasteiger partial charge in [0.25, 0.3) is 5.56 Å². The van der Waals surface area contributed by atoms with Gasteiger partial charge in [-0.15, -0.1) is 5.10 Å². The first-order valence-corrected chi connectivity index (χ1v) is 6.70. The van der Waals surface area contributed by atoms with Gasteiger partial charge in [0.1, 0.15) is 0 Å². The highest BCUT2D eigenvalue weighted by molar-refractivity contribution is 5.14. The van der Waals surface area contributed by atoms with E-state index in [0.717, 1.165) is 36.9 Å². The van der Waals surface area contributed by atoms with E-state index in [0.29, 0.717) is 6.54 Å². The van der Waals surface area contributed by atoms with Crippen LogP contribution in [-0.2, 0) is 19.4 Å². The van der Waals surface area contributed by atoms with Gasteiger partial charge in [-0.2, -0.15) is 0 Å². The summed E-state index contributed by atoms with van der Waals surface area (Å²) in [6.07, 6.45) is 6.11. The van der Waals surface area contributed by atoms with Crippen molar-refractivity contribution in [2.45, 2.75) is 65.8 Å². The molecule has 0 aliphatic rings. The fourth-order valence-electron chi connectivity index (χ4n) is 1.96. The largest absolute Gasteiger partial charge is 0.273 e. The zero-order valence-electron chi connectivity index (χ0n) is 11.2. The molecule has 96 valence electrons. The summed E-state index contributed by atoms with van der Waals surface area (Å²) in [5.41, 5.74) is 1.73. The number of hydrogen-bond acceptors (Lipinski definition) is 3. The molecule has 0 bridgehead atoms. The first-order chi connectivity index (χ1) is 8.24. The molecule has 1 rings (SSSR count).